The number of rotatable bonds is 3. The van der Waals surface area contributed by atoms with Crippen molar-refractivity contribution < 1.29 is 24.7 Å². The number of aromatic hydroxyl groups is 3. The molecule has 2 aromatic carbocycles. The Hall–Kier alpha value is -3.62. The van der Waals surface area contributed by atoms with E-state index in [4.69, 9.17) is 4.42 Å². The van der Waals surface area contributed by atoms with Gasteiger partial charge in [-0.3, -0.25) is 10.1 Å². The molecule has 9 heteroatoms. The van der Waals surface area contributed by atoms with Crippen LogP contribution in [0.2, 0.25) is 0 Å². The first-order valence-electron chi connectivity index (χ1n) is 6.29. The van der Waals surface area contributed by atoms with E-state index in [1.807, 2.05) is 0 Å². The Morgan fingerprint density at radius 3 is 1.96 bits per heavy atom. The normalized spacial score (nSPS) is 10.6. The lowest BCUT2D eigenvalue weighted by Crippen LogP contribution is -1.87. The molecule has 0 radical (unpaired) electrons. The molecule has 0 aliphatic rings. The summed E-state index contributed by atoms with van der Waals surface area (Å²) in [5, 5.41) is 46.5. The Bertz CT molecular complexity index is 865. The van der Waals surface area contributed by atoms with Gasteiger partial charge < -0.3 is 19.7 Å². The van der Waals surface area contributed by atoms with E-state index in [1.165, 1.54) is 24.3 Å². The molecule has 0 saturated heterocycles. The molecule has 1 heterocycles. The van der Waals surface area contributed by atoms with Gasteiger partial charge in [-0.2, -0.15) is 0 Å². The highest BCUT2D eigenvalue weighted by atomic mass is 16.6. The third-order valence-corrected chi connectivity index (χ3v) is 3.07. The van der Waals surface area contributed by atoms with Gasteiger partial charge in [0.25, 0.3) is 5.69 Å². The molecule has 0 fully saturated rings. The number of phenols is 3. The summed E-state index contributed by atoms with van der Waals surface area (Å²) in [4.78, 5) is 10.1. The van der Waals surface area contributed by atoms with Crippen LogP contribution in [-0.4, -0.2) is 30.4 Å². The molecule has 0 aliphatic heterocycles. The average molecular weight is 315 g/mol. The number of benzene rings is 2. The maximum Gasteiger partial charge on any atom is 0.269 e. The van der Waals surface area contributed by atoms with Crippen molar-refractivity contribution in [3.05, 3.63) is 46.5 Å². The molecule has 23 heavy (non-hydrogen) atoms. The summed E-state index contributed by atoms with van der Waals surface area (Å²) < 4.78 is 5.41. The SMILES string of the molecule is O=[N+]([O-])c1ccc(-c2nnc(-c3cc(O)c(O)c(O)c3)o2)cc1. The minimum Gasteiger partial charge on any atom is -0.504 e. The topological polar surface area (TPSA) is 143 Å². The van der Waals surface area contributed by atoms with E-state index in [-0.39, 0.29) is 23.0 Å². The number of non-ortho nitro benzene ring substituents is 1. The van der Waals surface area contributed by atoms with Crippen molar-refractivity contribution in [1.82, 2.24) is 10.2 Å². The predicted octanol–water partition coefficient (Wildman–Crippen LogP) is 2.43. The maximum atomic E-state index is 10.6. The van der Waals surface area contributed by atoms with Gasteiger partial charge >= 0.3 is 0 Å². The average Bonchev–Trinajstić information content (AvgIpc) is 3.02. The van der Waals surface area contributed by atoms with Crippen LogP contribution in [0.4, 0.5) is 5.69 Å². The molecule has 0 atom stereocenters. The third-order valence-electron chi connectivity index (χ3n) is 3.07. The Morgan fingerprint density at radius 1 is 0.913 bits per heavy atom. The highest BCUT2D eigenvalue weighted by Gasteiger charge is 2.16. The molecule has 0 aliphatic carbocycles. The van der Waals surface area contributed by atoms with Crippen molar-refractivity contribution in [2.45, 2.75) is 0 Å². The van der Waals surface area contributed by atoms with Gasteiger partial charge in [0.15, 0.2) is 17.2 Å². The van der Waals surface area contributed by atoms with Crippen molar-refractivity contribution in [3.63, 3.8) is 0 Å². The van der Waals surface area contributed by atoms with E-state index >= 15 is 0 Å². The van der Waals surface area contributed by atoms with Crippen molar-refractivity contribution in [2.24, 2.45) is 0 Å². The van der Waals surface area contributed by atoms with E-state index in [9.17, 15) is 25.4 Å². The van der Waals surface area contributed by atoms with E-state index in [1.54, 1.807) is 0 Å². The Labute approximate surface area is 128 Å². The molecule has 0 spiro atoms. The van der Waals surface area contributed by atoms with Gasteiger partial charge in [0, 0.05) is 23.3 Å². The molecule has 3 rings (SSSR count). The lowest BCUT2D eigenvalue weighted by atomic mass is 10.2. The van der Waals surface area contributed by atoms with Crippen LogP contribution in [0.5, 0.6) is 17.2 Å². The summed E-state index contributed by atoms with van der Waals surface area (Å²) in [6.07, 6.45) is 0. The third kappa shape index (κ3) is 2.62. The molecule has 9 nitrogen and oxygen atoms in total. The Morgan fingerprint density at radius 2 is 1.43 bits per heavy atom. The second kappa shape index (κ2) is 5.30. The second-order valence-corrected chi connectivity index (χ2v) is 4.58. The Kier molecular flexibility index (Phi) is 3.30. The highest BCUT2D eigenvalue weighted by Crippen LogP contribution is 2.38. The van der Waals surface area contributed by atoms with Gasteiger partial charge in [0.1, 0.15) is 0 Å². The molecular formula is C14H9N3O6. The number of nitro benzene ring substituents is 1. The van der Waals surface area contributed by atoms with Crippen LogP contribution in [0, 0.1) is 10.1 Å². The number of nitro groups is 1. The number of hydrogen-bond acceptors (Lipinski definition) is 8. The van der Waals surface area contributed by atoms with E-state index in [0.717, 1.165) is 12.1 Å². The monoisotopic (exact) mass is 315 g/mol. The molecule has 0 unspecified atom stereocenters. The van der Waals surface area contributed by atoms with Gasteiger partial charge in [0.05, 0.1) is 4.92 Å². The minimum atomic E-state index is -0.649. The molecule has 3 N–H and O–H groups in total. The van der Waals surface area contributed by atoms with Crippen molar-refractivity contribution in [3.8, 4) is 40.2 Å². The first-order chi connectivity index (χ1) is 11.0. The molecule has 0 saturated carbocycles. The van der Waals surface area contributed by atoms with Gasteiger partial charge in [-0.05, 0) is 24.3 Å². The summed E-state index contributed by atoms with van der Waals surface area (Å²) in [7, 11) is 0. The summed E-state index contributed by atoms with van der Waals surface area (Å²) in [6, 6.07) is 7.83. The molecule has 0 bridgehead atoms. The van der Waals surface area contributed by atoms with Crippen LogP contribution in [0.3, 0.4) is 0 Å². The summed E-state index contributed by atoms with van der Waals surface area (Å²) in [5.41, 5.74) is 0.613. The summed E-state index contributed by atoms with van der Waals surface area (Å²) in [6.45, 7) is 0. The summed E-state index contributed by atoms with van der Waals surface area (Å²) >= 11 is 0. The van der Waals surface area contributed by atoms with Gasteiger partial charge in [-0.1, -0.05) is 0 Å². The van der Waals surface area contributed by atoms with Crippen LogP contribution in [0.1, 0.15) is 0 Å². The Balaban J connectivity index is 1.96. The van der Waals surface area contributed by atoms with Gasteiger partial charge in [-0.25, -0.2) is 0 Å². The zero-order valence-corrected chi connectivity index (χ0v) is 11.4. The van der Waals surface area contributed by atoms with Crippen molar-refractivity contribution >= 4 is 5.69 Å². The molecule has 1 aromatic heterocycles. The van der Waals surface area contributed by atoms with Gasteiger partial charge in [0.2, 0.25) is 11.8 Å². The van der Waals surface area contributed by atoms with Gasteiger partial charge in [-0.15, -0.1) is 10.2 Å². The number of nitrogens with zero attached hydrogens (tertiary/aromatic N) is 3. The fourth-order valence-electron chi connectivity index (χ4n) is 1.91. The fourth-order valence-corrected chi connectivity index (χ4v) is 1.91. The fraction of sp³-hybridized carbons (Fsp3) is 0. The standard InChI is InChI=1S/C14H9N3O6/c18-10-5-8(6-11(19)12(10)20)14-16-15-13(23-14)7-1-3-9(4-2-7)17(21)22/h1-6,18-20H. The summed E-state index contributed by atoms with van der Waals surface area (Å²) in [5.74, 6) is -1.60. The quantitative estimate of drug-likeness (QED) is 0.380. The predicted molar refractivity (Wildman–Crippen MR) is 76.8 cm³/mol. The smallest absolute Gasteiger partial charge is 0.269 e. The van der Waals surface area contributed by atoms with Crippen LogP contribution in [-0.2, 0) is 0 Å². The van der Waals surface area contributed by atoms with E-state index in [0.29, 0.717) is 5.56 Å². The molecule has 3 aromatic rings. The van der Waals surface area contributed by atoms with Crippen LogP contribution in [0.15, 0.2) is 40.8 Å². The number of phenolic OH excluding ortho intramolecular Hbond substituents is 3. The van der Waals surface area contributed by atoms with Crippen LogP contribution < -0.4 is 0 Å². The van der Waals surface area contributed by atoms with E-state index in [2.05, 4.69) is 10.2 Å². The van der Waals surface area contributed by atoms with Crippen LogP contribution >= 0.6 is 0 Å². The molecular weight excluding hydrogens is 306 g/mol. The highest BCUT2D eigenvalue weighted by molar-refractivity contribution is 5.65. The molecule has 0 amide bonds. The molecule has 116 valence electrons. The zero-order chi connectivity index (χ0) is 16.6. The largest absolute Gasteiger partial charge is 0.504 e. The first kappa shape index (κ1) is 14.3. The van der Waals surface area contributed by atoms with E-state index < -0.39 is 22.2 Å². The second-order valence-electron chi connectivity index (χ2n) is 4.58. The minimum absolute atomic E-state index is 0.00366. The lowest BCUT2D eigenvalue weighted by Gasteiger charge is -2.02. The maximum absolute atomic E-state index is 10.6. The van der Waals surface area contributed by atoms with Crippen molar-refractivity contribution in [2.75, 3.05) is 0 Å². The number of aromatic nitrogens is 2. The van der Waals surface area contributed by atoms with Crippen molar-refractivity contribution in [1.29, 1.82) is 0 Å². The van der Waals surface area contributed by atoms with Crippen LogP contribution in [0.25, 0.3) is 22.9 Å². The first-order valence-corrected chi connectivity index (χ1v) is 6.29. The number of hydrogen-bond donors (Lipinski definition) is 3. The lowest BCUT2D eigenvalue weighted by molar-refractivity contribution is -0.384. The zero-order valence-electron chi connectivity index (χ0n) is 11.4.